The molecule has 0 radical (unpaired) electrons. The number of aromatic nitrogens is 2. The zero-order valence-electron chi connectivity index (χ0n) is 9.68. The first-order valence-corrected chi connectivity index (χ1v) is 5.93. The van der Waals surface area contributed by atoms with E-state index < -0.39 is 27.2 Å². The average Bonchev–Trinajstić information content (AvgIpc) is 2.83. The first-order valence-electron chi connectivity index (χ1n) is 5.20. The largest absolute Gasteiger partial charge is 0.481 e. The molecule has 1 aromatic carbocycles. The predicted molar refractivity (Wildman–Crippen MR) is 66.7 cm³/mol. The molecule has 0 aliphatic carbocycles. The van der Waals surface area contributed by atoms with Crippen LogP contribution in [-0.2, 0) is 11.2 Å². The molecule has 2 rings (SSSR count). The number of fused-ring (bicyclic) bond motifs is 1. The van der Waals surface area contributed by atoms with Crippen molar-refractivity contribution in [1.82, 2.24) is 8.75 Å². The van der Waals surface area contributed by atoms with Crippen molar-refractivity contribution in [3.8, 4) is 0 Å². The van der Waals surface area contributed by atoms with Gasteiger partial charge in [-0.25, -0.2) is 0 Å². The fraction of sp³-hybridized carbons (Fsp3) is 0.222. The van der Waals surface area contributed by atoms with E-state index in [0.29, 0.717) is 11.7 Å². The lowest BCUT2D eigenvalue weighted by Crippen LogP contribution is -2.03. The van der Waals surface area contributed by atoms with E-state index in [-0.39, 0.29) is 29.4 Å². The summed E-state index contributed by atoms with van der Waals surface area (Å²) in [5.41, 5.74) is -1.03. The summed E-state index contributed by atoms with van der Waals surface area (Å²) >= 11 is 0.679. The molecule has 0 unspecified atom stereocenters. The summed E-state index contributed by atoms with van der Waals surface area (Å²) in [4.78, 5) is 30.9. The summed E-state index contributed by atoms with van der Waals surface area (Å²) in [6.07, 6.45) is -0.489. The molecule has 0 spiro atoms. The number of nitro benzene ring substituents is 2. The Labute approximate surface area is 114 Å². The molecule has 0 atom stereocenters. The number of nitro groups is 2. The van der Waals surface area contributed by atoms with Gasteiger partial charge in [0.25, 0.3) is 5.69 Å². The lowest BCUT2D eigenvalue weighted by atomic mass is 10.0. The third kappa shape index (κ3) is 2.38. The van der Waals surface area contributed by atoms with Crippen molar-refractivity contribution >= 4 is 40.1 Å². The molecule has 0 bridgehead atoms. The van der Waals surface area contributed by atoms with Crippen molar-refractivity contribution in [3.63, 3.8) is 0 Å². The highest BCUT2D eigenvalue weighted by Crippen LogP contribution is 2.34. The van der Waals surface area contributed by atoms with Crippen molar-refractivity contribution in [2.75, 3.05) is 0 Å². The number of nitrogens with zero attached hydrogens (tertiary/aromatic N) is 4. The maximum Gasteiger partial charge on any atom is 0.305 e. The fourth-order valence-electron chi connectivity index (χ4n) is 1.74. The molecule has 10 nitrogen and oxygen atoms in total. The van der Waals surface area contributed by atoms with Gasteiger partial charge in [0, 0.05) is 6.42 Å². The smallest absolute Gasteiger partial charge is 0.305 e. The third-order valence-corrected chi connectivity index (χ3v) is 3.11. The SMILES string of the molecule is O=C(O)CCc1c([N+](=O)[O-])cc([N+](=O)[O-])c2nsnc12. The van der Waals surface area contributed by atoms with Crippen LogP contribution in [0.5, 0.6) is 0 Å². The molecule has 2 aromatic rings. The van der Waals surface area contributed by atoms with Gasteiger partial charge in [-0.1, -0.05) is 0 Å². The zero-order valence-corrected chi connectivity index (χ0v) is 10.5. The highest BCUT2D eigenvalue weighted by molar-refractivity contribution is 7.00. The van der Waals surface area contributed by atoms with Gasteiger partial charge >= 0.3 is 11.7 Å². The van der Waals surface area contributed by atoms with Crippen LogP contribution in [0.15, 0.2) is 6.07 Å². The quantitative estimate of drug-likeness (QED) is 0.644. The number of aryl methyl sites for hydroxylation is 1. The van der Waals surface area contributed by atoms with E-state index in [4.69, 9.17) is 5.11 Å². The van der Waals surface area contributed by atoms with Gasteiger partial charge in [-0.15, -0.1) is 0 Å². The normalized spacial score (nSPS) is 10.6. The highest BCUT2D eigenvalue weighted by Gasteiger charge is 2.28. The summed E-state index contributed by atoms with van der Waals surface area (Å²) in [6.45, 7) is 0. The Hall–Kier alpha value is -2.69. The zero-order chi connectivity index (χ0) is 14.9. The summed E-state index contributed by atoms with van der Waals surface area (Å²) < 4.78 is 7.56. The lowest BCUT2D eigenvalue weighted by Gasteiger charge is -2.02. The number of hydrogen-bond donors (Lipinski definition) is 1. The van der Waals surface area contributed by atoms with Gasteiger partial charge in [0.05, 0.1) is 33.2 Å². The van der Waals surface area contributed by atoms with Gasteiger partial charge in [-0.05, 0) is 6.42 Å². The molecule has 20 heavy (non-hydrogen) atoms. The molecule has 104 valence electrons. The van der Waals surface area contributed by atoms with Gasteiger partial charge in [0.1, 0.15) is 5.52 Å². The van der Waals surface area contributed by atoms with Gasteiger partial charge < -0.3 is 5.11 Å². The van der Waals surface area contributed by atoms with Crippen LogP contribution in [0, 0.1) is 20.2 Å². The van der Waals surface area contributed by atoms with Crippen molar-refractivity contribution in [2.24, 2.45) is 0 Å². The summed E-state index contributed by atoms with van der Waals surface area (Å²) in [5.74, 6) is -1.13. The van der Waals surface area contributed by atoms with Gasteiger partial charge in [-0.3, -0.25) is 25.0 Å². The molecule has 1 aromatic heterocycles. The van der Waals surface area contributed by atoms with Crippen LogP contribution in [0.4, 0.5) is 11.4 Å². The summed E-state index contributed by atoms with van der Waals surface area (Å²) in [7, 11) is 0. The van der Waals surface area contributed by atoms with Crippen molar-refractivity contribution in [3.05, 3.63) is 31.9 Å². The van der Waals surface area contributed by atoms with E-state index >= 15 is 0 Å². The van der Waals surface area contributed by atoms with Crippen LogP contribution in [0.1, 0.15) is 12.0 Å². The van der Waals surface area contributed by atoms with Gasteiger partial charge in [0.15, 0.2) is 5.52 Å². The fourth-order valence-corrected chi connectivity index (χ4v) is 2.32. The number of benzene rings is 1. The summed E-state index contributed by atoms with van der Waals surface area (Å²) in [6, 6.07) is 0.793. The maximum absolute atomic E-state index is 11.0. The number of rotatable bonds is 5. The lowest BCUT2D eigenvalue weighted by molar-refractivity contribution is -0.393. The molecular formula is C9H6N4O6S. The van der Waals surface area contributed by atoms with Crippen molar-refractivity contribution in [2.45, 2.75) is 12.8 Å². The Morgan fingerprint density at radius 2 is 1.80 bits per heavy atom. The number of hydrogen-bond acceptors (Lipinski definition) is 8. The van der Waals surface area contributed by atoms with E-state index in [2.05, 4.69) is 8.75 Å². The molecule has 0 aliphatic heterocycles. The second-order valence-corrected chi connectivity index (χ2v) is 4.29. The first-order chi connectivity index (χ1) is 9.41. The minimum atomic E-state index is -1.13. The standard InChI is InChI=1S/C9H6N4O6S/c14-7(15)2-1-4-5(12(16)17)3-6(13(18)19)9-8(4)10-20-11-9/h3H,1-2H2,(H,14,15). The van der Waals surface area contributed by atoms with E-state index in [1.54, 1.807) is 0 Å². The predicted octanol–water partition coefficient (Wildman–Crippen LogP) is 1.52. The monoisotopic (exact) mass is 298 g/mol. The summed E-state index contributed by atoms with van der Waals surface area (Å²) in [5, 5.41) is 30.5. The topological polar surface area (TPSA) is 149 Å². The average molecular weight is 298 g/mol. The number of carboxylic acids is 1. The maximum atomic E-state index is 11.0. The Bertz CT molecular complexity index is 727. The molecule has 0 fully saturated rings. The molecule has 0 saturated heterocycles. The van der Waals surface area contributed by atoms with Crippen LogP contribution >= 0.6 is 11.7 Å². The Balaban J connectivity index is 2.70. The molecule has 0 aliphatic rings. The number of non-ortho nitro benzene ring substituents is 1. The van der Waals surface area contributed by atoms with Crippen molar-refractivity contribution in [1.29, 1.82) is 0 Å². The van der Waals surface area contributed by atoms with Crippen LogP contribution in [0.3, 0.4) is 0 Å². The van der Waals surface area contributed by atoms with Crippen LogP contribution in [0.25, 0.3) is 11.0 Å². The van der Waals surface area contributed by atoms with Gasteiger partial charge in [-0.2, -0.15) is 8.75 Å². The minimum Gasteiger partial charge on any atom is -0.481 e. The number of aliphatic carboxylic acids is 1. The number of carboxylic acid groups (broad SMARTS) is 1. The third-order valence-electron chi connectivity index (χ3n) is 2.58. The number of carbonyl (C=O) groups is 1. The Kier molecular flexibility index (Phi) is 3.52. The molecule has 1 N–H and O–H groups in total. The second kappa shape index (κ2) is 5.13. The van der Waals surface area contributed by atoms with E-state index in [9.17, 15) is 25.0 Å². The minimum absolute atomic E-state index is 0.0112. The molecular weight excluding hydrogens is 292 g/mol. The molecule has 0 amide bonds. The molecule has 1 heterocycles. The first kappa shape index (κ1) is 13.7. The van der Waals surface area contributed by atoms with E-state index in [0.717, 1.165) is 6.07 Å². The van der Waals surface area contributed by atoms with E-state index in [1.165, 1.54) is 0 Å². The van der Waals surface area contributed by atoms with Crippen LogP contribution in [-0.4, -0.2) is 29.7 Å². The van der Waals surface area contributed by atoms with Crippen LogP contribution < -0.4 is 0 Å². The van der Waals surface area contributed by atoms with E-state index in [1.807, 2.05) is 0 Å². The van der Waals surface area contributed by atoms with Crippen molar-refractivity contribution < 1.29 is 19.7 Å². The molecule has 11 heteroatoms. The second-order valence-electron chi connectivity index (χ2n) is 3.76. The highest BCUT2D eigenvalue weighted by atomic mass is 32.1. The van der Waals surface area contributed by atoms with Gasteiger partial charge in [0.2, 0.25) is 0 Å². The molecule has 0 saturated carbocycles. The Morgan fingerprint density at radius 3 is 2.35 bits per heavy atom. The Morgan fingerprint density at radius 1 is 1.20 bits per heavy atom. The van der Waals surface area contributed by atoms with Crippen LogP contribution in [0.2, 0.25) is 0 Å².